The largest absolute Gasteiger partial charge is 0.493 e. The van der Waals surface area contributed by atoms with Crippen molar-refractivity contribution < 1.29 is 13.9 Å². The normalized spacial score (nSPS) is 14.0. The smallest absolute Gasteiger partial charge is 0.223 e. The average Bonchev–Trinajstić information content (AvgIpc) is 3.22. The molecule has 1 aliphatic rings. The van der Waals surface area contributed by atoms with E-state index in [1.165, 1.54) is 12.1 Å². The van der Waals surface area contributed by atoms with E-state index in [-0.39, 0.29) is 18.3 Å². The Bertz CT molecular complexity index is 475. The zero-order chi connectivity index (χ0) is 15.1. The second kappa shape index (κ2) is 7.98. The lowest BCUT2D eigenvalue weighted by Crippen LogP contribution is -2.26. The van der Waals surface area contributed by atoms with Gasteiger partial charge >= 0.3 is 0 Å². The van der Waals surface area contributed by atoms with Crippen molar-refractivity contribution in [3.63, 3.8) is 0 Å². The topological polar surface area (TPSA) is 50.4 Å². The monoisotopic (exact) mass is 294 g/mol. The van der Waals surface area contributed by atoms with Gasteiger partial charge in [0, 0.05) is 18.7 Å². The van der Waals surface area contributed by atoms with Crippen LogP contribution in [0.15, 0.2) is 18.2 Å². The molecule has 1 saturated carbocycles. The second-order valence-electron chi connectivity index (χ2n) is 5.41. The van der Waals surface area contributed by atoms with Gasteiger partial charge in [0.1, 0.15) is 11.6 Å². The van der Waals surface area contributed by atoms with Gasteiger partial charge in [0.25, 0.3) is 0 Å². The summed E-state index contributed by atoms with van der Waals surface area (Å²) in [6.07, 6.45) is 3.49. The first-order valence-corrected chi connectivity index (χ1v) is 7.59. The first kappa shape index (κ1) is 15.8. The van der Waals surface area contributed by atoms with E-state index < -0.39 is 0 Å². The van der Waals surface area contributed by atoms with E-state index in [2.05, 4.69) is 17.6 Å². The Morgan fingerprint density at radius 1 is 1.38 bits per heavy atom. The van der Waals surface area contributed by atoms with Gasteiger partial charge in [0.15, 0.2) is 0 Å². The van der Waals surface area contributed by atoms with E-state index in [1.54, 1.807) is 0 Å². The van der Waals surface area contributed by atoms with Crippen LogP contribution in [0.4, 0.5) is 4.39 Å². The van der Waals surface area contributed by atoms with E-state index in [1.807, 2.05) is 6.07 Å². The lowest BCUT2D eigenvalue weighted by atomic mass is 10.2. The molecule has 1 aliphatic carbocycles. The van der Waals surface area contributed by atoms with E-state index >= 15 is 0 Å². The first-order valence-electron chi connectivity index (χ1n) is 7.59. The number of rotatable bonds is 9. The number of carbonyl (C=O) groups excluding carboxylic acids is 1. The van der Waals surface area contributed by atoms with Crippen molar-refractivity contribution in [1.82, 2.24) is 10.6 Å². The van der Waals surface area contributed by atoms with Gasteiger partial charge in [-0.3, -0.25) is 4.79 Å². The summed E-state index contributed by atoms with van der Waals surface area (Å²) in [5.74, 6) is 0.157. The van der Waals surface area contributed by atoms with Crippen molar-refractivity contribution in [2.24, 2.45) is 0 Å². The van der Waals surface area contributed by atoms with Gasteiger partial charge in [-0.2, -0.15) is 0 Å². The van der Waals surface area contributed by atoms with Gasteiger partial charge in [-0.05, 0) is 43.5 Å². The predicted molar refractivity (Wildman–Crippen MR) is 79.7 cm³/mol. The maximum Gasteiger partial charge on any atom is 0.223 e. The molecular formula is C16H23FN2O2. The fraction of sp³-hybridized carbons (Fsp3) is 0.562. The number of nitrogens with one attached hydrogen (secondary N) is 2. The Morgan fingerprint density at radius 3 is 2.90 bits per heavy atom. The number of hydrogen-bond donors (Lipinski definition) is 2. The third-order valence-corrected chi connectivity index (χ3v) is 3.23. The number of hydrogen-bond acceptors (Lipinski definition) is 3. The maximum atomic E-state index is 13.5. The van der Waals surface area contributed by atoms with Crippen LogP contribution < -0.4 is 15.4 Å². The van der Waals surface area contributed by atoms with Gasteiger partial charge in [0.05, 0.1) is 13.0 Å². The zero-order valence-corrected chi connectivity index (χ0v) is 12.5. The van der Waals surface area contributed by atoms with Gasteiger partial charge in [-0.1, -0.05) is 6.92 Å². The molecule has 0 aromatic heterocycles. The molecule has 0 radical (unpaired) electrons. The number of benzene rings is 1. The van der Waals surface area contributed by atoms with Crippen LogP contribution in [-0.4, -0.2) is 25.1 Å². The molecule has 1 aromatic carbocycles. The van der Waals surface area contributed by atoms with E-state index in [0.29, 0.717) is 24.8 Å². The van der Waals surface area contributed by atoms with Crippen LogP contribution in [0.1, 0.15) is 38.2 Å². The molecule has 0 atom stereocenters. The van der Waals surface area contributed by atoms with Crippen molar-refractivity contribution in [1.29, 1.82) is 0 Å². The fourth-order valence-corrected chi connectivity index (χ4v) is 2.00. The molecule has 116 valence electrons. The molecule has 21 heavy (non-hydrogen) atoms. The van der Waals surface area contributed by atoms with Crippen molar-refractivity contribution in [3.8, 4) is 5.75 Å². The van der Waals surface area contributed by atoms with Crippen LogP contribution in [0.2, 0.25) is 0 Å². The molecule has 0 heterocycles. The molecule has 1 aromatic rings. The van der Waals surface area contributed by atoms with Crippen LogP contribution in [0.3, 0.4) is 0 Å². The van der Waals surface area contributed by atoms with Gasteiger partial charge < -0.3 is 15.4 Å². The molecule has 2 rings (SSSR count). The van der Waals surface area contributed by atoms with Crippen molar-refractivity contribution >= 4 is 5.91 Å². The summed E-state index contributed by atoms with van der Waals surface area (Å²) in [5, 5.41) is 6.12. The fourth-order valence-electron chi connectivity index (χ4n) is 2.00. The first-order chi connectivity index (χ1) is 10.2. The summed E-state index contributed by atoms with van der Waals surface area (Å²) in [5.41, 5.74) is 0.848. The van der Waals surface area contributed by atoms with E-state index in [9.17, 15) is 9.18 Å². The molecule has 0 aliphatic heterocycles. The Hall–Kier alpha value is -1.62. The minimum atomic E-state index is -0.316. The molecule has 1 amide bonds. The predicted octanol–water partition coefficient (Wildman–Crippen LogP) is 2.37. The number of carbonyl (C=O) groups is 1. The number of ether oxygens (including phenoxy) is 1. The molecule has 2 N–H and O–H groups in total. The van der Waals surface area contributed by atoms with Gasteiger partial charge in [-0.15, -0.1) is 0 Å². The number of amides is 1. The standard InChI is InChI=1S/C16H23FN2O2/c1-2-6-18-11-12-8-13(17)10-15(9-12)21-7-5-16(20)19-14-3-4-14/h8-10,14,18H,2-7,11H2,1H3,(H,19,20). The second-order valence-corrected chi connectivity index (χ2v) is 5.41. The molecule has 0 bridgehead atoms. The highest BCUT2D eigenvalue weighted by Gasteiger charge is 2.22. The van der Waals surface area contributed by atoms with E-state index in [4.69, 9.17) is 4.74 Å². The quantitative estimate of drug-likeness (QED) is 0.688. The SMILES string of the molecule is CCCNCc1cc(F)cc(OCCC(=O)NC2CC2)c1. The van der Waals surface area contributed by atoms with Gasteiger partial charge in [-0.25, -0.2) is 4.39 Å². The zero-order valence-electron chi connectivity index (χ0n) is 12.5. The highest BCUT2D eigenvalue weighted by atomic mass is 19.1. The highest BCUT2D eigenvalue weighted by Crippen LogP contribution is 2.19. The molecule has 5 heteroatoms. The summed E-state index contributed by atoms with van der Waals surface area (Å²) in [6, 6.07) is 5.02. The summed E-state index contributed by atoms with van der Waals surface area (Å²) in [4.78, 5) is 11.5. The summed E-state index contributed by atoms with van der Waals surface area (Å²) < 4.78 is 19.0. The minimum Gasteiger partial charge on any atom is -0.493 e. The Labute approximate surface area is 125 Å². The van der Waals surface area contributed by atoms with Gasteiger partial charge in [0.2, 0.25) is 5.91 Å². The number of halogens is 1. The van der Waals surface area contributed by atoms with Crippen LogP contribution in [0, 0.1) is 5.82 Å². The van der Waals surface area contributed by atoms with Crippen molar-refractivity contribution in [3.05, 3.63) is 29.6 Å². The van der Waals surface area contributed by atoms with Crippen molar-refractivity contribution in [2.45, 2.75) is 45.2 Å². The Morgan fingerprint density at radius 2 is 2.19 bits per heavy atom. The van der Waals surface area contributed by atoms with Crippen LogP contribution >= 0.6 is 0 Å². The Balaban J connectivity index is 1.76. The van der Waals surface area contributed by atoms with Crippen LogP contribution in [-0.2, 0) is 11.3 Å². The maximum absolute atomic E-state index is 13.5. The average molecular weight is 294 g/mol. The molecule has 0 unspecified atom stereocenters. The van der Waals surface area contributed by atoms with Crippen molar-refractivity contribution in [2.75, 3.05) is 13.2 Å². The minimum absolute atomic E-state index is 0.00117. The lowest BCUT2D eigenvalue weighted by molar-refractivity contribution is -0.121. The molecular weight excluding hydrogens is 271 g/mol. The lowest BCUT2D eigenvalue weighted by Gasteiger charge is -2.09. The molecule has 4 nitrogen and oxygen atoms in total. The molecule has 0 saturated heterocycles. The summed E-state index contributed by atoms with van der Waals surface area (Å²) >= 11 is 0. The van der Waals surface area contributed by atoms with Crippen LogP contribution in [0.5, 0.6) is 5.75 Å². The Kier molecular flexibility index (Phi) is 5.99. The summed E-state index contributed by atoms with van der Waals surface area (Å²) in [7, 11) is 0. The third-order valence-electron chi connectivity index (χ3n) is 3.23. The highest BCUT2D eigenvalue weighted by molar-refractivity contribution is 5.76. The van der Waals surface area contributed by atoms with E-state index in [0.717, 1.165) is 31.4 Å². The molecule has 1 fully saturated rings. The third kappa shape index (κ3) is 6.12. The van der Waals surface area contributed by atoms with Crippen LogP contribution in [0.25, 0.3) is 0 Å². The molecule has 0 spiro atoms. The summed E-state index contributed by atoms with van der Waals surface area (Å²) in [6.45, 7) is 3.86.